The summed E-state index contributed by atoms with van der Waals surface area (Å²) in [5.41, 5.74) is 8.21. The second-order valence-electron chi connectivity index (χ2n) is 5.10. The third-order valence-corrected chi connectivity index (χ3v) is 3.83. The van der Waals surface area contributed by atoms with E-state index >= 15 is 0 Å². The van der Waals surface area contributed by atoms with Crippen molar-refractivity contribution in [2.75, 3.05) is 29.6 Å². The van der Waals surface area contributed by atoms with Crippen LogP contribution in [0.4, 0.5) is 11.4 Å². The normalized spacial score (nSPS) is 10.8. The molecule has 0 spiro atoms. The molecule has 1 atom stereocenters. The quantitative estimate of drug-likeness (QED) is 0.664. The highest BCUT2D eigenvalue weighted by Crippen LogP contribution is 2.17. The molecule has 0 aliphatic heterocycles. The van der Waals surface area contributed by atoms with E-state index in [4.69, 9.17) is 5.73 Å². The molecule has 0 aliphatic rings. The lowest BCUT2D eigenvalue weighted by Crippen LogP contribution is -2.30. The van der Waals surface area contributed by atoms with Crippen LogP contribution in [0.1, 0.15) is 10.4 Å². The van der Waals surface area contributed by atoms with Gasteiger partial charge in [-0.2, -0.15) is 12.6 Å². The van der Waals surface area contributed by atoms with Crippen LogP contribution in [0.5, 0.6) is 0 Å². The van der Waals surface area contributed by atoms with Gasteiger partial charge >= 0.3 is 0 Å². The summed E-state index contributed by atoms with van der Waals surface area (Å²) in [4.78, 5) is 14.2. The Morgan fingerprint density at radius 3 is 2.46 bits per heavy atom. The van der Waals surface area contributed by atoms with E-state index in [2.05, 4.69) is 17.9 Å². The number of carbonyl (C=O) groups excluding carboxylic acids is 1. The number of amides is 1. The summed E-state index contributed by atoms with van der Waals surface area (Å²) < 4.78 is 0. The van der Waals surface area contributed by atoms with Gasteiger partial charge < -0.3 is 16.0 Å². The predicted molar refractivity (Wildman–Crippen MR) is 110 cm³/mol. The molecular formula is C17H23Cl2N3OS. The van der Waals surface area contributed by atoms with Crippen LogP contribution < -0.4 is 16.0 Å². The van der Waals surface area contributed by atoms with Crippen LogP contribution in [0, 0.1) is 0 Å². The molecule has 4 nitrogen and oxygen atoms in total. The Bertz CT molecular complexity index is 628. The van der Waals surface area contributed by atoms with E-state index < -0.39 is 0 Å². The van der Waals surface area contributed by atoms with Gasteiger partial charge in [-0.25, -0.2) is 0 Å². The number of nitrogens with zero attached hydrogens (tertiary/aromatic N) is 1. The van der Waals surface area contributed by atoms with Crippen molar-refractivity contribution in [3.63, 3.8) is 0 Å². The molecule has 0 fully saturated rings. The highest BCUT2D eigenvalue weighted by Gasteiger charge is 2.13. The summed E-state index contributed by atoms with van der Waals surface area (Å²) in [7, 11) is 1.77. The van der Waals surface area contributed by atoms with Crippen LogP contribution in [0.15, 0.2) is 54.6 Å². The Kier molecular flexibility index (Phi) is 10.6. The monoisotopic (exact) mass is 387 g/mol. The van der Waals surface area contributed by atoms with Gasteiger partial charge in [-0.1, -0.05) is 24.3 Å². The maximum absolute atomic E-state index is 12.6. The van der Waals surface area contributed by atoms with Gasteiger partial charge in [0, 0.05) is 42.3 Å². The summed E-state index contributed by atoms with van der Waals surface area (Å²) in [6, 6.07) is 17.0. The van der Waals surface area contributed by atoms with E-state index in [1.165, 1.54) is 0 Å². The number of rotatable bonds is 6. The molecule has 3 N–H and O–H groups in total. The van der Waals surface area contributed by atoms with Gasteiger partial charge in [0.15, 0.2) is 0 Å². The smallest absolute Gasteiger partial charge is 0.258 e. The van der Waals surface area contributed by atoms with Crippen molar-refractivity contribution in [1.29, 1.82) is 0 Å². The fourth-order valence-corrected chi connectivity index (χ4v) is 2.17. The molecule has 0 saturated heterocycles. The average molecular weight is 388 g/mol. The van der Waals surface area contributed by atoms with Crippen molar-refractivity contribution in [3.05, 3.63) is 60.2 Å². The molecule has 0 aromatic heterocycles. The Morgan fingerprint density at radius 2 is 1.83 bits per heavy atom. The molecule has 132 valence electrons. The minimum absolute atomic E-state index is 0. The largest absolute Gasteiger partial charge is 0.383 e. The molecule has 0 saturated carbocycles. The fraction of sp³-hybridized carbons (Fsp3) is 0.235. The minimum Gasteiger partial charge on any atom is -0.383 e. The van der Waals surface area contributed by atoms with Crippen molar-refractivity contribution >= 4 is 54.7 Å². The molecule has 2 aromatic carbocycles. The first-order valence-corrected chi connectivity index (χ1v) is 7.78. The lowest BCUT2D eigenvalue weighted by atomic mass is 10.1. The Balaban J connectivity index is 0.00000264. The van der Waals surface area contributed by atoms with Crippen LogP contribution in [0.25, 0.3) is 0 Å². The molecule has 1 amide bonds. The summed E-state index contributed by atoms with van der Waals surface area (Å²) >= 11 is 4.16. The van der Waals surface area contributed by atoms with Gasteiger partial charge in [0.1, 0.15) is 0 Å². The second-order valence-corrected chi connectivity index (χ2v) is 5.47. The number of anilines is 2. The number of para-hydroxylation sites is 1. The van der Waals surface area contributed by atoms with Gasteiger partial charge in [-0.05, 0) is 30.3 Å². The van der Waals surface area contributed by atoms with Crippen molar-refractivity contribution in [1.82, 2.24) is 0 Å². The van der Waals surface area contributed by atoms with E-state index in [9.17, 15) is 4.79 Å². The first-order chi connectivity index (χ1) is 10.6. The van der Waals surface area contributed by atoms with E-state index in [-0.39, 0.29) is 36.8 Å². The topological polar surface area (TPSA) is 58.4 Å². The van der Waals surface area contributed by atoms with Crippen LogP contribution in [0.3, 0.4) is 0 Å². The van der Waals surface area contributed by atoms with Crippen molar-refractivity contribution in [3.8, 4) is 0 Å². The van der Waals surface area contributed by atoms with E-state index in [1.807, 2.05) is 54.6 Å². The Hall–Kier alpha value is -1.40. The third-order valence-electron chi connectivity index (χ3n) is 3.36. The number of hydrogen-bond acceptors (Lipinski definition) is 4. The van der Waals surface area contributed by atoms with Gasteiger partial charge in [-0.15, -0.1) is 24.8 Å². The molecule has 2 aromatic rings. The molecule has 0 aliphatic carbocycles. The number of benzene rings is 2. The zero-order valence-corrected chi connectivity index (χ0v) is 15.9. The van der Waals surface area contributed by atoms with Crippen LogP contribution in [-0.2, 0) is 0 Å². The van der Waals surface area contributed by atoms with E-state index in [0.717, 1.165) is 11.4 Å². The zero-order chi connectivity index (χ0) is 15.9. The third kappa shape index (κ3) is 6.24. The number of carbonyl (C=O) groups is 1. The highest BCUT2D eigenvalue weighted by atomic mass is 35.5. The minimum atomic E-state index is -0.0478. The molecular weight excluding hydrogens is 365 g/mol. The maximum atomic E-state index is 12.6. The lowest BCUT2D eigenvalue weighted by Gasteiger charge is -2.18. The molecule has 0 bridgehead atoms. The summed E-state index contributed by atoms with van der Waals surface area (Å²) in [6.45, 7) is 0.621. The summed E-state index contributed by atoms with van der Waals surface area (Å²) in [5.74, 6) is 0.566. The number of thiol groups is 1. The Morgan fingerprint density at radius 1 is 1.17 bits per heavy atom. The maximum Gasteiger partial charge on any atom is 0.258 e. The van der Waals surface area contributed by atoms with Gasteiger partial charge in [0.2, 0.25) is 0 Å². The van der Waals surface area contributed by atoms with Crippen LogP contribution >= 0.6 is 37.4 Å². The first kappa shape index (κ1) is 22.6. The van der Waals surface area contributed by atoms with Crippen LogP contribution in [0.2, 0.25) is 0 Å². The molecule has 24 heavy (non-hydrogen) atoms. The summed E-state index contributed by atoms with van der Waals surface area (Å²) in [5, 5.41) is 3.22. The molecule has 0 heterocycles. The van der Waals surface area contributed by atoms with Gasteiger partial charge in [0.05, 0.1) is 0 Å². The highest BCUT2D eigenvalue weighted by molar-refractivity contribution is 7.80. The van der Waals surface area contributed by atoms with Crippen molar-refractivity contribution in [2.24, 2.45) is 5.73 Å². The van der Waals surface area contributed by atoms with E-state index in [0.29, 0.717) is 17.9 Å². The average Bonchev–Trinajstić information content (AvgIpc) is 2.59. The molecule has 7 heteroatoms. The number of nitrogens with one attached hydrogen (secondary N) is 1. The lowest BCUT2D eigenvalue weighted by molar-refractivity contribution is 0.0993. The van der Waals surface area contributed by atoms with E-state index in [1.54, 1.807) is 11.9 Å². The number of halogens is 2. The zero-order valence-electron chi connectivity index (χ0n) is 13.4. The summed E-state index contributed by atoms with van der Waals surface area (Å²) in [6.07, 6.45) is 0. The Labute approximate surface area is 161 Å². The standard InChI is InChI=1S/C17H21N3OS.2ClH/c1-20(16-8-3-2-4-9-16)17(21)13-6-5-7-15(10-13)19-11-14(18)12-22;;/h2-10,14,19,22H,11-12,18H2,1H3;2*1H. The number of hydrogen-bond donors (Lipinski definition) is 3. The van der Waals surface area contributed by atoms with Gasteiger partial charge in [0.25, 0.3) is 5.91 Å². The number of nitrogens with two attached hydrogens (primary N) is 1. The second kappa shape index (κ2) is 11.2. The fourth-order valence-electron chi connectivity index (χ4n) is 2.04. The molecule has 2 rings (SSSR count). The first-order valence-electron chi connectivity index (χ1n) is 7.15. The van der Waals surface area contributed by atoms with Crippen LogP contribution in [-0.4, -0.2) is 31.3 Å². The predicted octanol–water partition coefficient (Wildman–Crippen LogP) is 3.48. The SMILES string of the molecule is CN(C(=O)c1cccc(NCC(N)CS)c1)c1ccccc1.Cl.Cl. The van der Waals surface area contributed by atoms with Crippen molar-refractivity contribution < 1.29 is 4.79 Å². The van der Waals surface area contributed by atoms with Crippen molar-refractivity contribution in [2.45, 2.75) is 6.04 Å². The van der Waals surface area contributed by atoms with Gasteiger partial charge in [-0.3, -0.25) is 4.79 Å². The molecule has 1 unspecified atom stereocenters. The molecule has 0 radical (unpaired) electrons.